The Morgan fingerprint density at radius 1 is 1.25 bits per heavy atom. The number of nitrogens with zero attached hydrogens (tertiary/aromatic N) is 2. The van der Waals surface area contributed by atoms with Crippen molar-refractivity contribution in [1.82, 2.24) is 15.3 Å². The van der Waals surface area contributed by atoms with Gasteiger partial charge >= 0.3 is 0 Å². The molecule has 16 heavy (non-hydrogen) atoms. The van der Waals surface area contributed by atoms with Gasteiger partial charge in [0.25, 0.3) is 0 Å². The van der Waals surface area contributed by atoms with Crippen molar-refractivity contribution in [1.29, 1.82) is 5.26 Å². The maximum absolute atomic E-state index is 8.65. The smallest absolute Gasteiger partial charge is 0.120 e. The average molecular weight is 212 g/mol. The third-order valence-electron chi connectivity index (χ3n) is 2.26. The van der Waals surface area contributed by atoms with Gasteiger partial charge in [0.2, 0.25) is 0 Å². The van der Waals surface area contributed by atoms with Crippen molar-refractivity contribution < 1.29 is 0 Å². The number of nitrogens with one attached hydrogen (secondary N) is 2. The van der Waals surface area contributed by atoms with Crippen LogP contribution in [0.5, 0.6) is 0 Å². The van der Waals surface area contributed by atoms with Crippen LogP contribution in [0.3, 0.4) is 0 Å². The summed E-state index contributed by atoms with van der Waals surface area (Å²) in [5.74, 6) is 0.925. The van der Waals surface area contributed by atoms with Crippen LogP contribution in [0.15, 0.2) is 36.7 Å². The molecule has 0 amide bonds. The second kappa shape index (κ2) is 5.10. The summed E-state index contributed by atoms with van der Waals surface area (Å²) < 4.78 is 0. The van der Waals surface area contributed by atoms with E-state index in [0.29, 0.717) is 12.1 Å². The molecule has 0 aliphatic heterocycles. The van der Waals surface area contributed by atoms with E-state index in [1.807, 2.05) is 24.3 Å². The predicted octanol–water partition coefficient (Wildman–Crippen LogP) is 1.57. The molecule has 0 fully saturated rings. The highest BCUT2D eigenvalue weighted by Gasteiger charge is 1.95. The lowest BCUT2D eigenvalue weighted by atomic mass is 10.1. The number of benzene rings is 1. The van der Waals surface area contributed by atoms with Crippen molar-refractivity contribution >= 4 is 0 Å². The zero-order valence-corrected chi connectivity index (χ0v) is 8.77. The van der Waals surface area contributed by atoms with Gasteiger partial charge in [-0.1, -0.05) is 12.1 Å². The van der Waals surface area contributed by atoms with Gasteiger partial charge in [0, 0.05) is 18.9 Å². The first-order valence-electron chi connectivity index (χ1n) is 5.06. The second-order valence-electron chi connectivity index (χ2n) is 3.45. The maximum Gasteiger partial charge on any atom is 0.120 e. The molecule has 0 atom stereocenters. The van der Waals surface area contributed by atoms with Crippen LogP contribution in [0.4, 0.5) is 0 Å². The van der Waals surface area contributed by atoms with E-state index >= 15 is 0 Å². The fraction of sp³-hybridized carbons (Fsp3) is 0.167. The quantitative estimate of drug-likeness (QED) is 0.808. The van der Waals surface area contributed by atoms with Crippen LogP contribution in [0, 0.1) is 11.3 Å². The van der Waals surface area contributed by atoms with Crippen molar-refractivity contribution in [2.45, 2.75) is 13.1 Å². The van der Waals surface area contributed by atoms with Gasteiger partial charge in [0.15, 0.2) is 0 Å². The highest BCUT2D eigenvalue weighted by molar-refractivity contribution is 5.31. The number of nitriles is 1. The lowest BCUT2D eigenvalue weighted by molar-refractivity contribution is 0.669. The van der Waals surface area contributed by atoms with Crippen molar-refractivity contribution in [3.63, 3.8) is 0 Å². The zero-order valence-electron chi connectivity index (χ0n) is 8.77. The molecule has 0 bridgehead atoms. The van der Waals surface area contributed by atoms with E-state index in [1.165, 1.54) is 0 Å². The van der Waals surface area contributed by atoms with Crippen LogP contribution in [0.2, 0.25) is 0 Å². The Kier molecular flexibility index (Phi) is 3.31. The van der Waals surface area contributed by atoms with Crippen LogP contribution in [-0.4, -0.2) is 9.97 Å². The van der Waals surface area contributed by atoms with E-state index in [1.54, 1.807) is 12.4 Å². The summed E-state index contributed by atoms with van der Waals surface area (Å²) in [7, 11) is 0. The van der Waals surface area contributed by atoms with Crippen LogP contribution in [0.25, 0.3) is 0 Å². The van der Waals surface area contributed by atoms with Gasteiger partial charge in [-0.2, -0.15) is 5.26 Å². The Hall–Kier alpha value is -2.12. The summed E-state index contributed by atoms with van der Waals surface area (Å²) >= 11 is 0. The van der Waals surface area contributed by atoms with Crippen molar-refractivity contribution in [2.75, 3.05) is 0 Å². The number of aromatic amines is 1. The lowest BCUT2D eigenvalue weighted by Gasteiger charge is -2.02. The summed E-state index contributed by atoms with van der Waals surface area (Å²) in [6.07, 6.45) is 3.54. The first kappa shape index (κ1) is 10.4. The van der Waals surface area contributed by atoms with Gasteiger partial charge in [0.1, 0.15) is 5.82 Å². The van der Waals surface area contributed by atoms with Gasteiger partial charge in [-0.25, -0.2) is 4.98 Å². The minimum absolute atomic E-state index is 0.690. The first-order chi connectivity index (χ1) is 7.88. The number of rotatable bonds is 4. The molecule has 1 heterocycles. The van der Waals surface area contributed by atoms with E-state index in [2.05, 4.69) is 21.4 Å². The Bertz CT molecular complexity index is 465. The molecule has 1 aromatic carbocycles. The minimum atomic E-state index is 0.690. The number of imidazole rings is 1. The van der Waals surface area contributed by atoms with E-state index in [4.69, 9.17) is 5.26 Å². The van der Waals surface area contributed by atoms with Crippen molar-refractivity contribution in [3.05, 3.63) is 53.6 Å². The molecule has 0 spiro atoms. The molecule has 4 heteroatoms. The molecular formula is C12H12N4. The molecule has 2 N–H and O–H groups in total. The summed E-state index contributed by atoms with van der Waals surface area (Å²) in [6, 6.07) is 9.65. The highest BCUT2D eigenvalue weighted by Crippen LogP contribution is 2.02. The van der Waals surface area contributed by atoms with Gasteiger partial charge < -0.3 is 10.3 Å². The molecular weight excluding hydrogens is 200 g/mol. The third-order valence-corrected chi connectivity index (χ3v) is 2.26. The molecule has 1 aromatic heterocycles. The largest absolute Gasteiger partial charge is 0.348 e. The Morgan fingerprint density at radius 3 is 2.69 bits per heavy atom. The maximum atomic E-state index is 8.65. The number of aromatic nitrogens is 2. The summed E-state index contributed by atoms with van der Waals surface area (Å²) in [5, 5.41) is 11.9. The Morgan fingerprint density at radius 2 is 2.06 bits per heavy atom. The van der Waals surface area contributed by atoms with Gasteiger partial charge in [-0.05, 0) is 17.7 Å². The molecule has 4 nitrogen and oxygen atoms in total. The summed E-state index contributed by atoms with van der Waals surface area (Å²) in [6.45, 7) is 1.49. The van der Waals surface area contributed by atoms with E-state index in [-0.39, 0.29) is 0 Å². The monoisotopic (exact) mass is 212 g/mol. The topological polar surface area (TPSA) is 64.5 Å². The van der Waals surface area contributed by atoms with Crippen LogP contribution in [-0.2, 0) is 13.1 Å². The first-order valence-corrected chi connectivity index (χ1v) is 5.06. The van der Waals surface area contributed by atoms with E-state index < -0.39 is 0 Å². The van der Waals surface area contributed by atoms with Gasteiger partial charge in [0.05, 0.1) is 18.2 Å². The molecule has 0 saturated carbocycles. The molecule has 0 unspecified atom stereocenters. The lowest BCUT2D eigenvalue weighted by Crippen LogP contribution is -2.13. The summed E-state index contributed by atoms with van der Waals surface area (Å²) in [4.78, 5) is 7.14. The normalized spacial score (nSPS) is 9.94. The standard InChI is InChI=1S/C12H12N4/c13-7-10-1-3-11(4-2-10)8-14-9-12-15-5-6-16-12/h1-6,14H,8-9H2,(H,15,16). The number of hydrogen-bond acceptors (Lipinski definition) is 3. The van der Waals surface area contributed by atoms with Crippen molar-refractivity contribution in [2.24, 2.45) is 0 Å². The SMILES string of the molecule is N#Cc1ccc(CNCc2ncc[nH]2)cc1. The number of hydrogen-bond donors (Lipinski definition) is 2. The average Bonchev–Trinajstić information content (AvgIpc) is 2.83. The minimum Gasteiger partial charge on any atom is -0.348 e. The fourth-order valence-electron chi connectivity index (χ4n) is 1.42. The van der Waals surface area contributed by atoms with E-state index in [0.717, 1.165) is 17.9 Å². The summed E-state index contributed by atoms with van der Waals surface area (Å²) in [5.41, 5.74) is 1.85. The molecule has 0 aliphatic rings. The Balaban J connectivity index is 1.83. The molecule has 0 aliphatic carbocycles. The molecule has 80 valence electrons. The van der Waals surface area contributed by atoms with Crippen LogP contribution >= 0.6 is 0 Å². The highest BCUT2D eigenvalue weighted by atomic mass is 15.0. The zero-order chi connectivity index (χ0) is 11.2. The van der Waals surface area contributed by atoms with Gasteiger partial charge in [-0.15, -0.1) is 0 Å². The Labute approximate surface area is 94.0 Å². The molecule has 0 radical (unpaired) electrons. The predicted molar refractivity (Wildman–Crippen MR) is 60.3 cm³/mol. The van der Waals surface area contributed by atoms with Crippen molar-refractivity contribution in [3.8, 4) is 6.07 Å². The van der Waals surface area contributed by atoms with Gasteiger partial charge in [-0.3, -0.25) is 0 Å². The van der Waals surface area contributed by atoms with Crippen LogP contribution < -0.4 is 5.32 Å². The molecule has 2 rings (SSSR count). The fourth-order valence-corrected chi connectivity index (χ4v) is 1.42. The second-order valence-corrected chi connectivity index (χ2v) is 3.45. The molecule has 0 saturated heterocycles. The third kappa shape index (κ3) is 2.69. The number of H-pyrrole nitrogens is 1. The molecule has 2 aromatic rings. The van der Waals surface area contributed by atoms with Crippen LogP contribution in [0.1, 0.15) is 17.0 Å². The van der Waals surface area contributed by atoms with E-state index in [9.17, 15) is 0 Å².